The number of nitrogens with two attached hydrogens (primary N) is 1. The average molecular weight is 518 g/mol. The number of Topliss-reactive ketones (excluding diaryl/α,β-unsaturated/α-hetero) is 1. The molecule has 0 bridgehead atoms. The van der Waals surface area contributed by atoms with E-state index in [1.807, 2.05) is 18.3 Å². The molecule has 3 aromatic heterocycles. The second-order valence-corrected chi connectivity index (χ2v) is 11.7. The molecular formula is C33H35N5O. The summed E-state index contributed by atoms with van der Waals surface area (Å²) in [6.07, 6.45) is 11.8. The molecule has 2 fully saturated rings. The molecule has 0 aliphatic heterocycles. The molecule has 2 aliphatic carbocycles. The van der Waals surface area contributed by atoms with E-state index in [9.17, 15) is 4.79 Å². The van der Waals surface area contributed by atoms with Gasteiger partial charge in [0, 0.05) is 35.1 Å². The third-order valence-corrected chi connectivity index (χ3v) is 9.17. The Balaban J connectivity index is 1.14. The molecule has 2 aromatic carbocycles. The smallest absolute Gasteiger partial charge is 0.150 e. The Morgan fingerprint density at radius 2 is 1.77 bits per heavy atom. The number of aryl methyl sites for hydroxylation is 1. The summed E-state index contributed by atoms with van der Waals surface area (Å²) in [4.78, 5) is 26.9. The fraction of sp³-hybridized carbons (Fsp3) is 0.364. The first-order valence-corrected chi connectivity index (χ1v) is 14.4. The summed E-state index contributed by atoms with van der Waals surface area (Å²) >= 11 is 0. The normalized spacial score (nSPS) is 21.1. The Morgan fingerprint density at radius 3 is 2.49 bits per heavy atom. The first-order chi connectivity index (χ1) is 19.0. The van der Waals surface area contributed by atoms with E-state index in [0.29, 0.717) is 17.5 Å². The van der Waals surface area contributed by atoms with Gasteiger partial charge in [0.05, 0.1) is 11.1 Å². The molecule has 0 amide bonds. The van der Waals surface area contributed by atoms with Gasteiger partial charge in [-0.25, -0.2) is 9.97 Å². The van der Waals surface area contributed by atoms with Crippen molar-refractivity contribution in [1.29, 1.82) is 0 Å². The molecule has 0 unspecified atom stereocenters. The van der Waals surface area contributed by atoms with Crippen molar-refractivity contribution in [2.24, 2.45) is 5.92 Å². The maximum absolute atomic E-state index is 13.8. The molecule has 0 saturated heterocycles. The number of nitrogen functional groups attached to an aromatic ring is 1. The lowest BCUT2D eigenvalue weighted by atomic mass is 9.77. The highest BCUT2D eigenvalue weighted by atomic mass is 16.1. The van der Waals surface area contributed by atoms with Crippen LogP contribution in [0.25, 0.3) is 27.8 Å². The number of aromatic amines is 1. The molecule has 7 rings (SSSR count). The quantitative estimate of drug-likeness (QED) is 0.260. The Morgan fingerprint density at radius 1 is 1.03 bits per heavy atom. The van der Waals surface area contributed by atoms with Crippen molar-refractivity contribution in [3.8, 4) is 11.4 Å². The minimum absolute atomic E-state index is 0.161. The van der Waals surface area contributed by atoms with Gasteiger partial charge in [0.25, 0.3) is 0 Å². The highest BCUT2D eigenvalue weighted by molar-refractivity contribution is 5.95. The van der Waals surface area contributed by atoms with Gasteiger partial charge in [-0.2, -0.15) is 0 Å². The molecule has 6 heteroatoms. The van der Waals surface area contributed by atoms with Gasteiger partial charge in [0.15, 0.2) is 0 Å². The van der Waals surface area contributed by atoms with Crippen molar-refractivity contribution in [2.75, 3.05) is 5.73 Å². The standard InChI is InChI=1S/C33H35N5O/c1-21-12-14-25(15-13-21)33(16-17-33)30(39)22-7-4-9-23(10-5-8-22)32-37-28(29-31(34)35-18-19-38(29)32)27-20-24-6-2-3-11-26(24)36-27/h2-3,6,11-15,18-20,22-23,36H,4-5,7-10,16-17H2,1H3,(H2,34,35). The molecule has 0 atom stereocenters. The maximum Gasteiger partial charge on any atom is 0.150 e. The molecule has 5 aromatic rings. The van der Waals surface area contributed by atoms with Crippen LogP contribution in [0.3, 0.4) is 0 Å². The van der Waals surface area contributed by atoms with Crippen LogP contribution in [-0.4, -0.2) is 25.1 Å². The molecule has 3 N–H and O–H groups in total. The van der Waals surface area contributed by atoms with Crippen LogP contribution in [0.5, 0.6) is 0 Å². The Hall–Kier alpha value is -3.93. The summed E-state index contributed by atoms with van der Waals surface area (Å²) in [5.74, 6) is 2.51. The van der Waals surface area contributed by atoms with Crippen LogP contribution >= 0.6 is 0 Å². The third-order valence-electron chi connectivity index (χ3n) is 9.17. The lowest BCUT2D eigenvalue weighted by Gasteiger charge is -2.26. The maximum atomic E-state index is 13.8. The zero-order chi connectivity index (χ0) is 26.6. The van der Waals surface area contributed by atoms with E-state index in [2.05, 4.69) is 63.8 Å². The van der Waals surface area contributed by atoms with Gasteiger partial charge in [-0.3, -0.25) is 9.20 Å². The number of para-hydroxylation sites is 1. The minimum Gasteiger partial charge on any atom is -0.382 e. The highest BCUT2D eigenvalue weighted by Crippen LogP contribution is 2.52. The SMILES string of the molecule is Cc1ccc(C2(C(=O)C3CCCC(c4nc(-c5cc6ccccc6[nH]5)c5c(N)nccn45)CCC3)CC2)cc1. The van der Waals surface area contributed by atoms with Gasteiger partial charge >= 0.3 is 0 Å². The highest BCUT2D eigenvalue weighted by Gasteiger charge is 2.52. The van der Waals surface area contributed by atoms with E-state index in [-0.39, 0.29) is 11.3 Å². The van der Waals surface area contributed by atoms with Crippen LogP contribution in [0, 0.1) is 12.8 Å². The molecular weight excluding hydrogens is 482 g/mol. The number of rotatable bonds is 5. The fourth-order valence-electron chi connectivity index (χ4n) is 6.86. The number of hydrogen-bond acceptors (Lipinski definition) is 4. The van der Waals surface area contributed by atoms with Crippen LogP contribution in [-0.2, 0) is 10.2 Å². The summed E-state index contributed by atoms with van der Waals surface area (Å²) in [7, 11) is 0. The van der Waals surface area contributed by atoms with Crippen molar-refractivity contribution < 1.29 is 4.79 Å². The van der Waals surface area contributed by atoms with Crippen LogP contribution in [0.4, 0.5) is 5.82 Å². The Kier molecular flexibility index (Phi) is 5.80. The summed E-state index contributed by atoms with van der Waals surface area (Å²) < 4.78 is 2.15. The molecule has 198 valence electrons. The van der Waals surface area contributed by atoms with E-state index < -0.39 is 0 Å². The first kappa shape index (κ1) is 24.1. The number of nitrogens with zero attached hydrogens (tertiary/aromatic N) is 3. The predicted molar refractivity (Wildman–Crippen MR) is 156 cm³/mol. The summed E-state index contributed by atoms with van der Waals surface area (Å²) in [5.41, 5.74) is 12.4. The molecule has 39 heavy (non-hydrogen) atoms. The summed E-state index contributed by atoms with van der Waals surface area (Å²) in [6, 6.07) is 19.0. The largest absolute Gasteiger partial charge is 0.382 e. The van der Waals surface area contributed by atoms with E-state index in [4.69, 9.17) is 10.7 Å². The monoisotopic (exact) mass is 517 g/mol. The van der Waals surface area contributed by atoms with Crippen molar-refractivity contribution >= 4 is 28.0 Å². The number of aromatic nitrogens is 4. The number of fused-ring (bicyclic) bond motifs is 2. The number of carbonyl (C=O) groups excluding carboxylic acids is 1. The lowest BCUT2D eigenvalue weighted by molar-refractivity contribution is -0.126. The Labute approximate surface area is 228 Å². The Bertz CT molecular complexity index is 1630. The van der Waals surface area contributed by atoms with Crippen molar-refractivity contribution in [1.82, 2.24) is 19.4 Å². The van der Waals surface area contributed by atoms with Crippen molar-refractivity contribution in [3.05, 3.63) is 83.9 Å². The van der Waals surface area contributed by atoms with Crippen LogP contribution < -0.4 is 5.73 Å². The lowest BCUT2D eigenvalue weighted by Crippen LogP contribution is -2.29. The van der Waals surface area contributed by atoms with E-state index in [1.165, 1.54) is 11.1 Å². The molecule has 3 heterocycles. The topological polar surface area (TPSA) is 89.1 Å². The zero-order valence-corrected chi connectivity index (χ0v) is 22.5. The van der Waals surface area contributed by atoms with Gasteiger partial charge in [-0.05, 0) is 63.1 Å². The van der Waals surface area contributed by atoms with E-state index in [1.54, 1.807) is 6.20 Å². The van der Waals surface area contributed by atoms with E-state index in [0.717, 1.165) is 85.0 Å². The van der Waals surface area contributed by atoms with E-state index >= 15 is 0 Å². The van der Waals surface area contributed by atoms with Crippen molar-refractivity contribution in [3.63, 3.8) is 0 Å². The number of H-pyrrole nitrogens is 1. The average Bonchev–Trinajstić information content (AvgIpc) is 3.47. The number of ketones is 1. The number of nitrogens with one attached hydrogen (secondary N) is 1. The molecule has 0 radical (unpaired) electrons. The first-order valence-electron chi connectivity index (χ1n) is 14.4. The van der Waals surface area contributed by atoms with Crippen LogP contribution in [0.1, 0.15) is 74.2 Å². The van der Waals surface area contributed by atoms with Gasteiger partial charge in [0.2, 0.25) is 0 Å². The molecule has 0 spiro atoms. The van der Waals surface area contributed by atoms with Gasteiger partial charge in [-0.15, -0.1) is 0 Å². The number of anilines is 1. The fourth-order valence-corrected chi connectivity index (χ4v) is 6.86. The summed E-state index contributed by atoms with van der Waals surface area (Å²) in [6.45, 7) is 2.10. The van der Waals surface area contributed by atoms with Gasteiger partial charge in [-0.1, -0.05) is 60.9 Å². The molecule has 6 nitrogen and oxygen atoms in total. The second kappa shape index (κ2) is 9.37. The minimum atomic E-state index is -0.227. The number of benzene rings is 2. The van der Waals surface area contributed by atoms with Crippen molar-refractivity contribution in [2.45, 2.75) is 69.6 Å². The second-order valence-electron chi connectivity index (χ2n) is 11.7. The van der Waals surface area contributed by atoms with Crippen LogP contribution in [0.15, 0.2) is 67.0 Å². The summed E-state index contributed by atoms with van der Waals surface area (Å²) in [5, 5.41) is 1.15. The molecule has 2 aliphatic rings. The number of imidazole rings is 1. The van der Waals surface area contributed by atoms with Gasteiger partial charge < -0.3 is 10.7 Å². The molecule has 2 saturated carbocycles. The van der Waals surface area contributed by atoms with Crippen LogP contribution in [0.2, 0.25) is 0 Å². The predicted octanol–water partition coefficient (Wildman–Crippen LogP) is 7.12. The number of hydrogen-bond donors (Lipinski definition) is 2. The third kappa shape index (κ3) is 4.13. The van der Waals surface area contributed by atoms with Gasteiger partial charge in [0.1, 0.15) is 28.6 Å². The zero-order valence-electron chi connectivity index (χ0n) is 22.5. The number of carbonyl (C=O) groups is 1.